The van der Waals surface area contributed by atoms with Gasteiger partial charge in [-0.1, -0.05) is 35.5 Å². The fourth-order valence-electron chi connectivity index (χ4n) is 2.72. The number of ether oxygens (including phenoxy) is 1. The zero-order valence-corrected chi connectivity index (χ0v) is 18.5. The fourth-order valence-corrected chi connectivity index (χ4v) is 4.67. The van der Waals surface area contributed by atoms with Gasteiger partial charge in [0.2, 0.25) is 5.91 Å². The van der Waals surface area contributed by atoms with E-state index in [0.29, 0.717) is 26.3 Å². The Hall–Kier alpha value is -2.36. The topological polar surface area (TPSA) is 86.1 Å². The molecule has 1 amide bonds. The summed E-state index contributed by atoms with van der Waals surface area (Å²) in [4.78, 5) is 24.9. The molecule has 10 heteroatoms. The zero-order valence-electron chi connectivity index (χ0n) is 16.1. The molecule has 3 rings (SSSR count). The number of nitrogens with one attached hydrogen (secondary N) is 1. The first-order chi connectivity index (χ1) is 13.9. The van der Waals surface area contributed by atoms with Crippen LogP contribution in [0.5, 0.6) is 0 Å². The quantitative estimate of drug-likeness (QED) is 0.421. The highest BCUT2D eigenvalue weighted by atomic mass is 35.5. The van der Waals surface area contributed by atoms with Gasteiger partial charge in [0.05, 0.1) is 12.9 Å². The molecule has 0 bridgehead atoms. The Bertz CT molecular complexity index is 1030. The molecule has 0 saturated carbocycles. The Morgan fingerprint density at radius 1 is 1.28 bits per heavy atom. The summed E-state index contributed by atoms with van der Waals surface area (Å²) in [6.07, 6.45) is 0. The Morgan fingerprint density at radius 2 is 2.00 bits per heavy atom. The van der Waals surface area contributed by atoms with Crippen LogP contribution in [-0.2, 0) is 16.1 Å². The van der Waals surface area contributed by atoms with Crippen LogP contribution in [0, 0.1) is 6.92 Å². The van der Waals surface area contributed by atoms with Gasteiger partial charge < -0.3 is 14.6 Å². The number of benzene rings is 1. The second kappa shape index (κ2) is 9.43. The van der Waals surface area contributed by atoms with Gasteiger partial charge in [-0.05, 0) is 31.5 Å². The molecule has 0 unspecified atom stereocenters. The van der Waals surface area contributed by atoms with Crippen LogP contribution in [0.15, 0.2) is 34.8 Å². The van der Waals surface area contributed by atoms with Crippen molar-refractivity contribution in [3.05, 3.63) is 46.1 Å². The smallest absolute Gasteiger partial charge is 0.341 e. The standard InChI is InChI=1S/C19H19ClN4O3S2/c1-4-24-11(2)22-23-19(24)29-10-15(25)21-17-16(18(26)27-3)14(9-28-17)12-5-7-13(20)8-6-12/h5-9H,4,10H2,1-3H3,(H,21,25). The number of thiophene rings is 1. The van der Waals surface area contributed by atoms with Gasteiger partial charge >= 0.3 is 5.97 Å². The number of amides is 1. The highest BCUT2D eigenvalue weighted by molar-refractivity contribution is 7.99. The molecule has 152 valence electrons. The van der Waals surface area contributed by atoms with Gasteiger partial charge in [0.25, 0.3) is 0 Å². The highest BCUT2D eigenvalue weighted by Gasteiger charge is 2.22. The van der Waals surface area contributed by atoms with Crippen molar-refractivity contribution < 1.29 is 14.3 Å². The van der Waals surface area contributed by atoms with Crippen molar-refractivity contribution in [1.82, 2.24) is 14.8 Å². The fraction of sp³-hybridized carbons (Fsp3) is 0.263. The summed E-state index contributed by atoms with van der Waals surface area (Å²) in [5.41, 5.74) is 1.82. The molecule has 7 nitrogen and oxygen atoms in total. The summed E-state index contributed by atoms with van der Waals surface area (Å²) in [6.45, 7) is 4.59. The van der Waals surface area contributed by atoms with Crippen LogP contribution in [0.2, 0.25) is 5.02 Å². The molecule has 0 aliphatic rings. The maximum Gasteiger partial charge on any atom is 0.341 e. The SMILES string of the molecule is CCn1c(C)nnc1SCC(=O)Nc1scc(-c2ccc(Cl)cc2)c1C(=O)OC. The molecule has 2 heterocycles. The number of esters is 1. The lowest BCUT2D eigenvalue weighted by atomic mass is 10.0. The van der Waals surface area contributed by atoms with Gasteiger partial charge in [-0.2, -0.15) is 0 Å². The minimum Gasteiger partial charge on any atom is -0.465 e. The summed E-state index contributed by atoms with van der Waals surface area (Å²) in [7, 11) is 1.31. The van der Waals surface area contributed by atoms with Crippen molar-refractivity contribution in [1.29, 1.82) is 0 Å². The lowest BCUT2D eigenvalue weighted by Gasteiger charge is -2.08. The van der Waals surface area contributed by atoms with E-state index in [1.807, 2.05) is 35.9 Å². The largest absolute Gasteiger partial charge is 0.465 e. The summed E-state index contributed by atoms with van der Waals surface area (Å²) < 4.78 is 6.86. The molecule has 3 aromatic rings. The summed E-state index contributed by atoms with van der Waals surface area (Å²) >= 11 is 8.52. The van der Waals surface area contributed by atoms with Crippen LogP contribution < -0.4 is 5.32 Å². The first-order valence-electron chi connectivity index (χ1n) is 8.72. The van der Waals surface area contributed by atoms with Gasteiger partial charge in [-0.3, -0.25) is 4.79 Å². The average molecular weight is 451 g/mol. The number of nitrogens with zero attached hydrogens (tertiary/aromatic N) is 3. The van der Waals surface area contributed by atoms with E-state index in [1.54, 1.807) is 12.1 Å². The number of thioether (sulfide) groups is 1. The van der Waals surface area contributed by atoms with Crippen LogP contribution in [0.1, 0.15) is 23.1 Å². The Morgan fingerprint density at radius 3 is 2.66 bits per heavy atom. The minimum atomic E-state index is -0.513. The van der Waals surface area contributed by atoms with Crippen molar-refractivity contribution in [2.45, 2.75) is 25.5 Å². The molecule has 1 aromatic carbocycles. The maximum absolute atomic E-state index is 12.5. The zero-order chi connectivity index (χ0) is 21.0. The monoisotopic (exact) mass is 450 g/mol. The molecule has 29 heavy (non-hydrogen) atoms. The molecule has 0 atom stereocenters. The van der Waals surface area contributed by atoms with Gasteiger partial charge in [0.1, 0.15) is 16.4 Å². The number of methoxy groups -OCH3 is 1. The van der Waals surface area contributed by atoms with E-state index >= 15 is 0 Å². The molecule has 0 aliphatic heterocycles. The third kappa shape index (κ3) is 4.80. The minimum absolute atomic E-state index is 0.146. The van der Waals surface area contributed by atoms with Crippen molar-refractivity contribution >= 4 is 51.6 Å². The molecule has 0 radical (unpaired) electrons. The van der Waals surface area contributed by atoms with Gasteiger partial charge in [-0.25, -0.2) is 4.79 Å². The van der Waals surface area contributed by atoms with Crippen LogP contribution in [0.25, 0.3) is 11.1 Å². The number of aryl methyl sites for hydroxylation is 1. The number of halogens is 1. The van der Waals surface area contributed by atoms with Crippen LogP contribution in [0.3, 0.4) is 0 Å². The number of anilines is 1. The van der Waals surface area contributed by atoms with Crippen molar-refractivity contribution in [2.75, 3.05) is 18.2 Å². The first kappa shape index (κ1) is 21.4. The predicted octanol–water partition coefficient (Wildman–Crippen LogP) is 4.51. The number of rotatable bonds is 7. The molecule has 2 aromatic heterocycles. The summed E-state index contributed by atoms with van der Waals surface area (Å²) in [5.74, 6) is 0.190. The van der Waals surface area contributed by atoms with Crippen molar-refractivity contribution in [3.63, 3.8) is 0 Å². The second-order valence-electron chi connectivity index (χ2n) is 5.96. The molecule has 0 aliphatic carbocycles. The van der Waals surface area contributed by atoms with E-state index in [-0.39, 0.29) is 11.7 Å². The number of aromatic nitrogens is 3. The van der Waals surface area contributed by atoms with E-state index in [1.165, 1.54) is 30.2 Å². The Kier molecular flexibility index (Phi) is 6.94. The average Bonchev–Trinajstić information content (AvgIpc) is 3.29. The normalized spacial score (nSPS) is 10.8. The van der Waals surface area contributed by atoms with Crippen molar-refractivity contribution in [2.24, 2.45) is 0 Å². The Balaban J connectivity index is 1.78. The molecule has 0 spiro atoms. The summed E-state index contributed by atoms with van der Waals surface area (Å²) in [6, 6.07) is 7.13. The van der Waals surface area contributed by atoms with Gasteiger partial charge in [0, 0.05) is 22.5 Å². The Labute approximate surface area is 181 Å². The molecule has 0 saturated heterocycles. The molecule has 1 N–H and O–H groups in total. The maximum atomic E-state index is 12.5. The van der Waals surface area contributed by atoms with Crippen LogP contribution in [-0.4, -0.2) is 39.5 Å². The predicted molar refractivity (Wildman–Crippen MR) is 116 cm³/mol. The first-order valence-corrected chi connectivity index (χ1v) is 11.0. The van der Waals surface area contributed by atoms with Crippen LogP contribution >= 0.6 is 34.7 Å². The van der Waals surface area contributed by atoms with E-state index in [9.17, 15) is 9.59 Å². The van der Waals surface area contributed by atoms with Crippen LogP contribution in [0.4, 0.5) is 5.00 Å². The number of carbonyl (C=O) groups excluding carboxylic acids is 2. The lowest BCUT2D eigenvalue weighted by Crippen LogP contribution is -2.16. The second-order valence-corrected chi connectivity index (χ2v) is 8.22. The number of hydrogen-bond acceptors (Lipinski definition) is 7. The number of carbonyl (C=O) groups is 2. The highest BCUT2D eigenvalue weighted by Crippen LogP contribution is 2.36. The van der Waals surface area contributed by atoms with Gasteiger partial charge in [0.15, 0.2) is 5.16 Å². The van der Waals surface area contributed by atoms with Gasteiger partial charge in [-0.15, -0.1) is 21.5 Å². The van der Waals surface area contributed by atoms with E-state index < -0.39 is 5.97 Å². The molecular weight excluding hydrogens is 432 g/mol. The van der Waals surface area contributed by atoms with E-state index in [0.717, 1.165) is 17.9 Å². The summed E-state index contributed by atoms with van der Waals surface area (Å²) in [5, 5.41) is 14.5. The third-order valence-corrected chi connectivity index (χ3v) is 6.25. The molecule has 0 fully saturated rings. The lowest BCUT2D eigenvalue weighted by molar-refractivity contribution is -0.113. The van der Waals surface area contributed by atoms with E-state index in [4.69, 9.17) is 16.3 Å². The van der Waals surface area contributed by atoms with Crippen molar-refractivity contribution in [3.8, 4) is 11.1 Å². The third-order valence-electron chi connectivity index (χ3n) is 4.14. The molecular formula is C19H19ClN4O3S2. The number of hydrogen-bond donors (Lipinski definition) is 1. The van der Waals surface area contributed by atoms with E-state index in [2.05, 4.69) is 15.5 Å².